The second kappa shape index (κ2) is 10.8. The molecule has 3 aromatic carbocycles. The van der Waals surface area contributed by atoms with Crippen LogP contribution in [0.3, 0.4) is 0 Å². The third-order valence-electron chi connectivity index (χ3n) is 4.90. The van der Waals surface area contributed by atoms with Crippen LogP contribution in [0.15, 0.2) is 90.1 Å². The number of rotatable bonds is 10. The second-order valence-electron chi connectivity index (χ2n) is 7.21. The number of ether oxygens (including phenoxy) is 1. The highest BCUT2D eigenvalue weighted by Gasteiger charge is 2.14. The molecule has 5 heteroatoms. The van der Waals surface area contributed by atoms with Crippen molar-refractivity contribution in [1.82, 2.24) is 9.97 Å². The fourth-order valence-corrected chi connectivity index (χ4v) is 4.18. The van der Waals surface area contributed by atoms with E-state index in [2.05, 4.69) is 29.2 Å². The van der Waals surface area contributed by atoms with Gasteiger partial charge in [-0.15, -0.1) is 0 Å². The highest BCUT2D eigenvalue weighted by Crippen LogP contribution is 2.32. The van der Waals surface area contributed by atoms with Crippen LogP contribution in [-0.2, 0) is 0 Å². The molecule has 0 aliphatic heterocycles. The van der Waals surface area contributed by atoms with Gasteiger partial charge >= 0.3 is 0 Å². The van der Waals surface area contributed by atoms with E-state index in [4.69, 9.17) is 9.72 Å². The highest BCUT2D eigenvalue weighted by atomic mass is 32.2. The van der Waals surface area contributed by atoms with Crippen LogP contribution in [0.2, 0.25) is 0 Å². The number of thioether (sulfide) groups is 1. The first-order valence-corrected chi connectivity index (χ1v) is 11.5. The fraction of sp³-hybridized carbons (Fsp3) is 0.192. The Morgan fingerprint density at radius 2 is 1.45 bits per heavy atom. The van der Waals surface area contributed by atoms with Gasteiger partial charge in [0.2, 0.25) is 0 Å². The van der Waals surface area contributed by atoms with Gasteiger partial charge in [0.25, 0.3) is 0 Å². The van der Waals surface area contributed by atoms with Gasteiger partial charge in [0.15, 0.2) is 5.16 Å². The van der Waals surface area contributed by atoms with Crippen molar-refractivity contribution in [3.05, 3.63) is 90.7 Å². The van der Waals surface area contributed by atoms with Crippen molar-refractivity contribution in [2.75, 3.05) is 12.4 Å². The monoisotopic (exact) mass is 432 g/mol. The maximum Gasteiger partial charge on any atom is 0.166 e. The van der Waals surface area contributed by atoms with Gasteiger partial charge in [0, 0.05) is 16.9 Å². The number of hydrogen-bond donors (Lipinski definition) is 1. The number of H-pyrrole nitrogens is 1. The van der Waals surface area contributed by atoms with Crippen LogP contribution < -0.4 is 4.74 Å². The van der Waals surface area contributed by atoms with Crippen molar-refractivity contribution in [2.45, 2.75) is 24.4 Å². The molecule has 0 unspecified atom stereocenters. The summed E-state index contributed by atoms with van der Waals surface area (Å²) in [5, 5.41) is 0.945. The van der Waals surface area contributed by atoms with Crippen LogP contribution in [0, 0.1) is 5.82 Å². The topological polar surface area (TPSA) is 37.9 Å². The Hall–Kier alpha value is -3.05. The molecular formula is C26H25FN2OS. The number of unbranched alkanes of at least 4 members (excludes halogenated alkanes) is 2. The van der Waals surface area contributed by atoms with E-state index in [0.29, 0.717) is 12.4 Å². The van der Waals surface area contributed by atoms with Crippen molar-refractivity contribution < 1.29 is 9.13 Å². The lowest BCUT2D eigenvalue weighted by atomic mass is 10.1. The summed E-state index contributed by atoms with van der Waals surface area (Å²) in [6.07, 6.45) is 3.13. The zero-order valence-corrected chi connectivity index (χ0v) is 18.1. The van der Waals surface area contributed by atoms with E-state index in [1.54, 1.807) is 23.9 Å². The molecule has 0 saturated carbocycles. The smallest absolute Gasteiger partial charge is 0.166 e. The minimum Gasteiger partial charge on any atom is -0.494 e. The van der Waals surface area contributed by atoms with Crippen molar-refractivity contribution in [1.29, 1.82) is 0 Å². The summed E-state index contributed by atoms with van der Waals surface area (Å²) in [6.45, 7) is 0.646. The van der Waals surface area contributed by atoms with Crippen molar-refractivity contribution in [2.24, 2.45) is 0 Å². The molecule has 0 aliphatic rings. The van der Waals surface area contributed by atoms with E-state index < -0.39 is 0 Å². The molecule has 0 bridgehead atoms. The average Bonchev–Trinajstić information content (AvgIpc) is 3.25. The third kappa shape index (κ3) is 5.98. The number of nitrogens with one attached hydrogen (secondary N) is 1. The van der Waals surface area contributed by atoms with Crippen LogP contribution in [0.25, 0.3) is 22.5 Å². The zero-order valence-electron chi connectivity index (χ0n) is 17.3. The Labute approximate surface area is 186 Å². The lowest BCUT2D eigenvalue weighted by Gasteiger charge is -2.05. The Balaban J connectivity index is 1.29. The summed E-state index contributed by atoms with van der Waals surface area (Å²) in [4.78, 5) is 8.41. The van der Waals surface area contributed by atoms with E-state index in [1.165, 1.54) is 12.1 Å². The normalized spacial score (nSPS) is 10.9. The molecule has 1 heterocycles. The van der Waals surface area contributed by atoms with Crippen LogP contribution in [0.1, 0.15) is 19.3 Å². The maximum atomic E-state index is 12.9. The van der Waals surface area contributed by atoms with Gasteiger partial charge < -0.3 is 9.72 Å². The van der Waals surface area contributed by atoms with Crippen LogP contribution in [-0.4, -0.2) is 22.3 Å². The van der Waals surface area contributed by atoms with Crippen molar-refractivity contribution in [3.63, 3.8) is 0 Å². The number of aromatic amines is 1. The Morgan fingerprint density at radius 3 is 2.16 bits per heavy atom. The fourth-order valence-electron chi connectivity index (χ4n) is 3.31. The van der Waals surface area contributed by atoms with Gasteiger partial charge in [-0.1, -0.05) is 72.4 Å². The molecule has 3 nitrogen and oxygen atoms in total. The third-order valence-corrected chi connectivity index (χ3v) is 5.86. The lowest BCUT2D eigenvalue weighted by Crippen LogP contribution is -1.97. The quantitative estimate of drug-likeness (QED) is 0.212. The molecule has 1 aromatic heterocycles. The predicted octanol–water partition coefficient (Wildman–Crippen LogP) is 7.22. The molecule has 0 fully saturated rings. The van der Waals surface area contributed by atoms with Crippen LogP contribution in [0.4, 0.5) is 4.39 Å². The van der Waals surface area contributed by atoms with Crippen molar-refractivity contribution in [3.8, 4) is 28.3 Å². The maximum absolute atomic E-state index is 12.9. The standard InChI is InChI=1S/C26H25FN2OS/c27-22-14-16-23(17-15-22)30-18-8-3-9-19-31-26-28-24(20-10-4-1-5-11-20)25(29-26)21-12-6-2-7-13-21/h1-2,4-7,10-17H,3,8-9,18-19H2,(H,28,29). The second-order valence-corrected chi connectivity index (χ2v) is 8.29. The average molecular weight is 433 g/mol. The zero-order chi connectivity index (χ0) is 21.3. The molecule has 0 atom stereocenters. The first-order valence-electron chi connectivity index (χ1n) is 10.5. The largest absolute Gasteiger partial charge is 0.494 e. The van der Waals surface area contributed by atoms with E-state index in [9.17, 15) is 4.39 Å². The number of imidazole rings is 1. The molecule has 0 saturated heterocycles. The molecule has 0 aliphatic carbocycles. The summed E-state index contributed by atoms with van der Waals surface area (Å²) >= 11 is 1.75. The summed E-state index contributed by atoms with van der Waals surface area (Å²) < 4.78 is 18.6. The van der Waals surface area contributed by atoms with E-state index in [-0.39, 0.29) is 5.82 Å². The first kappa shape index (κ1) is 21.2. The number of hydrogen-bond acceptors (Lipinski definition) is 3. The van der Waals surface area contributed by atoms with Crippen molar-refractivity contribution >= 4 is 11.8 Å². The van der Waals surface area contributed by atoms with Gasteiger partial charge in [-0.25, -0.2) is 9.37 Å². The molecule has 0 spiro atoms. The summed E-state index contributed by atoms with van der Waals surface area (Å²) in [7, 11) is 0. The van der Waals surface area contributed by atoms with E-state index in [1.807, 2.05) is 36.4 Å². The SMILES string of the molecule is Fc1ccc(OCCCCCSc2nc(-c3ccccc3)c(-c3ccccc3)[nH]2)cc1. The number of halogens is 1. The summed E-state index contributed by atoms with van der Waals surface area (Å²) in [6, 6.07) is 26.8. The molecule has 0 radical (unpaired) electrons. The molecule has 1 N–H and O–H groups in total. The summed E-state index contributed by atoms with van der Waals surface area (Å²) in [5.41, 5.74) is 4.30. The summed E-state index contributed by atoms with van der Waals surface area (Å²) in [5.74, 6) is 1.47. The molecule has 0 amide bonds. The lowest BCUT2D eigenvalue weighted by molar-refractivity contribution is 0.306. The van der Waals surface area contributed by atoms with Gasteiger partial charge in [0.05, 0.1) is 18.0 Å². The highest BCUT2D eigenvalue weighted by molar-refractivity contribution is 7.99. The predicted molar refractivity (Wildman–Crippen MR) is 126 cm³/mol. The van der Waals surface area contributed by atoms with Crippen LogP contribution >= 0.6 is 11.8 Å². The molecule has 4 aromatic rings. The Morgan fingerprint density at radius 1 is 0.774 bits per heavy atom. The minimum absolute atomic E-state index is 0.242. The Kier molecular flexibility index (Phi) is 7.40. The van der Waals surface area contributed by atoms with Gasteiger partial charge in [-0.05, 0) is 43.5 Å². The van der Waals surface area contributed by atoms with Gasteiger partial charge in [-0.2, -0.15) is 0 Å². The van der Waals surface area contributed by atoms with Gasteiger partial charge in [0.1, 0.15) is 11.6 Å². The molecule has 4 rings (SSSR count). The first-order chi connectivity index (χ1) is 15.3. The molecule has 31 heavy (non-hydrogen) atoms. The Bertz CT molecular complexity index is 1010. The molecule has 158 valence electrons. The molecular weight excluding hydrogens is 407 g/mol. The van der Waals surface area contributed by atoms with E-state index >= 15 is 0 Å². The number of aromatic nitrogens is 2. The number of nitrogens with zero attached hydrogens (tertiary/aromatic N) is 1. The minimum atomic E-state index is -0.242. The van der Waals surface area contributed by atoms with Gasteiger partial charge in [-0.3, -0.25) is 0 Å². The van der Waals surface area contributed by atoms with Crippen LogP contribution in [0.5, 0.6) is 5.75 Å². The van der Waals surface area contributed by atoms with E-state index in [0.717, 1.165) is 52.7 Å². The number of benzene rings is 3.